The lowest BCUT2D eigenvalue weighted by Crippen LogP contribution is -2.59. The smallest absolute Gasteiger partial charge is 0.475 e. The van der Waals surface area contributed by atoms with E-state index in [1.165, 1.54) is 23.1 Å². The number of carboxylic acid groups (broad SMARTS) is 1. The number of nitrogens with zero attached hydrogens (tertiary/aromatic N) is 10. The second-order valence-electron chi connectivity index (χ2n) is 14.7. The van der Waals surface area contributed by atoms with E-state index < -0.39 is 23.8 Å². The first kappa shape index (κ1) is 44.6. The molecule has 16 nitrogen and oxygen atoms in total. The first-order valence-corrected chi connectivity index (χ1v) is 19.2. The minimum absolute atomic E-state index is 0.0255. The zero-order chi connectivity index (χ0) is 43.8. The van der Waals surface area contributed by atoms with E-state index in [9.17, 15) is 32.0 Å². The van der Waals surface area contributed by atoms with Crippen molar-refractivity contribution in [1.82, 2.24) is 45.2 Å². The van der Waals surface area contributed by atoms with Crippen molar-refractivity contribution in [2.75, 3.05) is 65.6 Å². The van der Waals surface area contributed by atoms with E-state index in [1.807, 2.05) is 23.1 Å². The predicted octanol–water partition coefficient (Wildman–Crippen LogP) is 3.19. The fraction of sp³-hybridized carbons (Fsp3) is 0.450. The van der Waals surface area contributed by atoms with Gasteiger partial charge in [-0.3, -0.25) is 19.6 Å². The van der Waals surface area contributed by atoms with Crippen molar-refractivity contribution >= 4 is 11.9 Å². The fourth-order valence-corrected chi connectivity index (χ4v) is 7.65. The molecular weight excluding hydrogens is 810 g/mol. The van der Waals surface area contributed by atoms with Gasteiger partial charge in [-0.1, -0.05) is 12.1 Å². The monoisotopic (exact) mass is 851 g/mol. The summed E-state index contributed by atoms with van der Waals surface area (Å²) in [5.74, 6) is -3.70. The number of morpholine rings is 2. The van der Waals surface area contributed by atoms with Crippen LogP contribution in [0.5, 0.6) is 0 Å². The van der Waals surface area contributed by atoms with Gasteiger partial charge in [-0.2, -0.15) is 28.4 Å². The van der Waals surface area contributed by atoms with Gasteiger partial charge in [0.05, 0.1) is 60.9 Å². The predicted molar refractivity (Wildman–Crippen MR) is 204 cm³/mol. The van der Waals surface area contributed by atoms with Gasteiger partial charge < -0.3 is 24.8 Å². The van der Waals surface area contributed by atoms with Crippen molar-refractivity contribution in [3.8, 4) is 17.8 Å². The second-order valence-corrected chi connectivity index (χ2v) is 14.7. The molecule has 322 valence electrons. The molecule has 2 N–H and O–H groups in total. The number of ether oxygens (including phenoxy) is 2. The number of nitrogens with one attached hydrogen (secondary N) is 1. The number of carbonyl (C=O) groups is 2. The Hall–Kier alpha value is -5.97. The Balaban J connectivity index is 0.000000194. The molecule has 4 aromatic rings. The van der Waals surface area contributed by atoms with Gasteiger partial charge in [-0.05, 0) is 70.8 Å². The molecule has 4 fully saturated rings. The van der Waals surface area contributed by atoms with E-state index in [4.69, 9.17) is 24.6 Å². The van der Waals surface area contributed by atoms with Gasteiger partial charge in [0, 0.05) is 64.1 Å². The summed E-state index contributed by atoms with van der Waals surface area (Å²) in [6, 6.07) is 14.2. The number of aliphatic carboxylic acids is 1. The summed E-state index contributed by atoms with van der Waals surface area (Å²) in [5.41, 5.74) is 4.70. The molecule has 61 heavy (non-hydrogen) atoms. The molecule has 0 spiro atoms. The Labute approximate surface area is 347 Å². The van der Waals surface area contributed by atoms with Crippen LogP contribution in [0.15, 0.2) is 48.9 Å². The Morgan fingerprint density at radius 1 is 0.869 bits per heavy atom. The molecule has 0 aliphatic carbocycles. The second kappa shape index (κ2) is 19.6. The molecule has 8 rings (SSSR count). The lowest BCUT2D eigenvalue weighted by Gasteiger charge is -2.46. The van der Waals surface area contributed by atoms with Crippen molar-refractivity contribution in [3.05, 3.63) is 99.6 Å². The molecule has 6 heterocycles. The van der Waals surface area contributed by atoms with Crippen LogP contribution >= 0.6 is 0 Å². The van der Waals surface area contributed by atoms with Crippen LogP contribution in [0, 0.1) is 48.1 Å². The van der Waals surface area contributed by atoms with Crippen molar-refractivity contribution in [1.29, 1.82) is 10.5 Å². The summed E-state index contributed by atoms with van der Waals surface area (Å²) >= 11 is 0. The highest BCUT2D eigenvalue weighted by atomic mass is 19.4. The maximum atomic E-state index is 13.9. The number of halogens is 5. The van der Waals surface area contributed by atoms with E-state index in [1.54, 1.807) is 38.2 Å². The number of alkyl halides is 3. The van der Waals surface area contributed by atoms with Crippen LogP contribution in [0.25, 0.3) is 5.69 Å². The third kappa shape index (κ3) is 10.7. The van der Waals surface area contributed by atoms with Gasteiger partial charge in [-0.25, -0.2) is 13.6 Å². The molecule has 2 aromatic carbocycles. The van der Waals surface area contributed by atoms with Crippen molar-refractivity contribution < 1.29 is 46.1 Å². The van der Waals surface area contributed by atoms with Gasteiger partial charge in [0.15, 0.2) is 0 Å². The summed E-state index contributed by atoms with van der Waals surface area (Å²) in [7, 11) is 0. The summed E-state index contributed by atoms with van der Waals surface area (Å²) in [6.45, 7) is 11.0. The van der Waals surface area contributed by atoms with Gasteiger partial charge in [-0.15, -0.1) is 5.10 Å². The number of carboxylic acids is 1. The quantitative estimate of drug-likeness (QED) is 0.278. The minimum Gasteiger partial charge on any atom is -0.475 e. The maximum Gasteiger partial charge on any atom is 0.490 e. The Morgan fingerprint density at radius 2 is 1.46 bits per heavy atom. The molecule has 21 heteroatoms. The summed E-state index contributed by atoms with van der Waals surface area (Å²) in [5, 5.41) is 39.8. The summed E-state index contributed by atoms with van der Waals surface area (Å²) < 4.78 is 72.8. The van der Waals surface area contributed by atoms with Crippen molar-refractivity contribution in [2.24, 2.45) is 0 Å². The standard InChI is InChI=1S/C23H23FN8O2.C15H18FN3O.C2HF3O2/c1-15-19(4-5-21(24)20(15)9-25)22-12-30-6-7-31(11-18(30)13-34-22)23(33)8-16-2-3-17(10-26-16)32-14-27-28-29-32;1-10-12(2-3-14(16)13(10)6-17)15-8-19-5-4-18-7-11(19)9-20-15;3-2(4,5)1(6)7/h2-5,10,14,18,22H,6-8,11-13H2,1H3;2-3,11,15,18H,4-5,7-9H2,1H3;(H,6,7)/t18-,22+;11-,15+;/m00./s1. The van der Waals surface area contributed by atoms with Crippen LogP contribution in [0.3, 0.4) is 0 Å². The molecule has 4 aliphatic rings. The summed E-state index contributed by atoms with van der Waals surface area (Å²) in [6.07, 6.45) is -2.04. The fourth-order valence-electron chi connectivity index (χ4n) is 7.65. The third-order valence-electron chi connectivity index (χ3n) is 11.0. The number of aromatic nitrogens is 5. The SMILES string of the molecule is Cc1c([C@H]2CN3CCN(C(=O)Cc4ccc(-n5cnnn5)cn4)C[C@H]3CO2)ccc(F)c1C#N.Cc1c([C@H]2CN3CCNC[C@H]3CO2)ccc(F)c1C#N.O=C(O)C(F)(F)F. The molecule has 0 radical (unpaired) electrons. The Bertz CT molecular complexity index is 2270. The summed E-state index contributed by atoms with van der Waals surface area (Å²) in [4.78, 5) is 32.8. The van der Waals surface area contributed by atoms with E-state index >= 15 is 0 Å². The third-order valence-corrected chi connectivity index (χ3v) is 11.0. The van der Waals surface area contributed by atoms with E-state index in [0.29, 0.717) is 55.7 Å². The minimum atomic E-state index is -5.08. The first-order chi connectivity index (χ1) is 29.2. The maximum absolute atomic E-state index is 13.9. The highest BCUT2D eigenvalue weighted by molar-refractivity contribution is 5.78. The highest BCUT2D eigenvalue weighted by Gasteiger charge is 2.39. The van der Waals surface area contributed by atoms with E-state index in [-0.39, 0.29) is 41.7 Å². The number of pyridine rings is 1. The van der Waals surface area contributed by atoms with Gasteiger partial charge in [0.25, 0.3) is 0 Å². The normalized spacial score (nSPS) is 21.6. The number of hydrogen-bond acceptors (Lipinski definition) is 13. The number of rotatable bonds is 5. The van der Waals surface area contributed by atoms with Crippen LogP contribution < -0.4 is 5.32 Å². The average molecular weight is 852 g/mol. The zero-order valence-electron chi connectivity index (χ0n) is 33.1. The largest absolute Gasteiger partial charge is 0.490 e. The van der Waals surface area contributed by atoms with Gasteiger partial charge in [0.1, 0.15) is 30.1 Å². The molecule has 2 aromatic heterocycles. The van der Waals surface area contributed by atoms with E-state index in [2.05, 4.69) is 35.6 Å². The Morgan fingerprint density at radius 3 is 1.98 bits per heavy atom. The highest BCUT2D eigenvalue weighted by Crippen LogP contribution is 2.32. The lowest BCUT2D eigenvalue weighted by molar-refractivity contribution is -0.192. The first-order valence-electron chi connectivity index (χ1n) is 19.2. The molecule has 1 amide bonds. The zero-order valence-corrected chi connectivity index (χ0v) is 33.1. The van der Waals surface area contributed by atoms with Crippen molar-refractivity contribution in [2.45, 2.75) is 50.7 Å². The molecule has 4 saturated heterocycles. The van der Waals surface area contributed by atoms with Crippen LogP contribution in [-0.4, -0.2) is 141 Å². The number of amides is 1. The molecule has 0 saturated carbocycles. The van der Waals surface area contributed by atoms with Crippen molar-refractivity contribution in [3.63, 3.8) is 0 Å². The number of tetrazole rings is 1. The van der Waals surface area contributed by atoms with Crippen LogP contribution in [0.4, 0.5) is 22.0 Å². The van der Waals surface area contributed by atoms with Crippen LogP contribution in [-0.2, 0) is 25.5 Å². The molecule has 0 unspecified atom stereocenters. The molecular formula is C40H42F5N11O5. The van der Waals surface area contributed by atoms with Gasteiger partial charge >= 0.3 is 12.1 Å². The average Bonchev–Trinajstić information content (AvgIpc) is 3.79. The van der Waals surface area contributed by atoms with Crippen LogP contribution in [0.1, 0.15) is 51.3 Å². The topological polar surface area (TPSA) is 199 Å². The molecule has 0 bridgehead atoms. The molecule has 4 atom stereocenters. The van der Waals surface area contributed by atoms with Crippen LogP contribution in [0.2, 0.25) is 0 Å². The van der Waals surface area contributed by atoms with E-state index in [0.717, 1.165) is 49.5 Å². The number of hydrogen-bond donors (Lipinski definition) is 2. The Kier molecular flexibility index (Phi) is 14.3. The number of fused-ring (bicyclic) bond motifs is 2. The number of benzene rings is 2. The number of carbonyl (C=O) groups excluding carboxylic acids is 1. The molecule has 4 aliphatic heterocycles. The number of nitriles is 2. The number of piperazine rings is 2. The van der Waals surface area contributed by atoms with Gasteiger partial charge in [0.2, 0.25) is 5.91 Å². The lowest BCUT2D eigenvalue weighted by atomic mass is 9.96.